The average Bonchev–Trinajstić information content (AvgIpc) is 3.10. The highest BCUT2D eigenvalue weighted by molar-refractivity contribution is 5.95. The van der Waals surface area contributed by atoms with Crippen molar-refractivity contribution in [3.63, 3.8) is 0 Å². The van der Waals surface area contributed by atoms with Crippen LogP contribution in [0.15, 0.2) is 36.4 Å². The molecule has 0 saturated heterocycles. The van der Waals surface area contributed by atoms with Crippen LogP contribution in [0.3, 0.4) is 0 Å². The summed E-state index contributed by atoms with van der Waals surface area (Å²) in [6.45, 7) is 10.4. The molecule has 18 heteroatoms. The zero-order chi connectivity index (χ0) is 42.5. The van der Waals surface area contributed by atoms with E-state index in [-0.39, 0.29) is 80.9 Å². The summed E-state index contributed by atoms with van der Waals surface area (Å²) < 4.78 is 10.7. The minimum absolute atomic E-state index is 0.0398. The number of hydrogen-bond donors (Lipinski definition) is 10. The van der Waals surface area contributed by atoms with Crippen LogP contribution in [0.2, 0.25) is 0 Å². The Morgan fingerprint density at radius 2 is 1.37 bits per heavy atom. The van der Waals surface area contributed by atoms with Gasteiger partial charge in [0.25, 0.3) is 0 Å². The first kappa shape index (κ1) is 45.8. The lowest BCUT2D eigenvalue weighted by Gasteiger charge is -2.27. The van der Waals surface area contributed by atoms with E-state index in [0.717, 1.165) is 0 Å². The summed E-state index contributed by atoms with van der Waals surface area (Å²) in [6.07, 6.45) is -1.98. The van der Waals surface area contributed by atoms with Gasteiger partial charge in [0.05, 0.1) is 0 Å². The molecule has 0 radical (unpaired) electrons. The second-order valence-electron chi connectivity index (χ2n) is 15.7. The second-order valence-corrected chi connectivity index (χ2v) is 15.7. The fourth-order valence-electron chi connectivity index (χ4n) is 5.82. The quantitative estimate of drug-likeness (QED) is 0.134. The molecule has 2 aromatic carbocycles. The van der Waals surface area contributed by atoms with E-state index < -0.39 is 71.2 Å². The smallest absolute Gasteiger partial charge is 0.408 e. The first-order chi connectivity index (χ1) is 26.7. The Hall–Kier alpha value is -5.62. The number of ether oxygens (including phenoxy) is 2. The number of nitrogens with two attached hydrogens (primary N) is 2. The number of carbonyl (C=O) groups excluding carboxylic acids is 6. The minimum atomic E-state index is -1.41. The third kappa shape index (κ3) is 15.1. The normalized spacial score (nSPS) is 18.0. The van der Waals surface area contributed by atoms with Gasteiger partial charge in [-0.1, -0.05) is 12.1 Å². The summed E-state index contributed by atoms with van der Waals surface area (Å²) in [5.41, 5.74) is 11.3. The molecule has 1 aliphatic heterocycles. The zero-order valence-electron chi connectivity index (χ0n) is 33.5. The molecule has 3 rings (SSSR count). The average molecular weight is 799 g/mol. The molecule has 0 fully saturated rings. The van der Waals surface area contributed by atoms with Crippen molar-refractivity contribution in [2.75, 3.05) is 26.2 Å². The fraction of sp³-hybridized carbons (Fsp3) is 0.538. The van der Waals surface area contributed by atoms with E-state index in [1.165, 1.54) is 12.1 Å². The number of benzene rings is 2. The van der Waals surface area contributed by atoms with Gasteiger partial charge >= 0.3 is 12.2 Å². The van der Waals surface area contributed by atoms with Crippen molar-refractivity contribution in [2.45, 2.75) is 109 Å². The second kappa shape index (κ2) is 20.5. The van der Waals surface area contributed by atoms with E-state index >= 15 is 0 Å². The maximum absolute atomic E-state index is 14.2. The molecule has 4 atom stereocenters. The number of amides is 6. The largest absolute Gasteiger partial charge is 0.508 e. The standard InChI is InChI=1S/C39H58N8O10/c1-38(2,3)56-36(54)43-16-7-8-26-33(51)46-28(34(52)45-27(13-14-40)32(50)42-17-15-41)20-24-18-22(9-11-30(24)48)23-10-12-31(49)25(19-23)21-29(35(53)44-26)47-37(55)57-39(4,5)6/h9-12,18-19,26-29,48-49H,7-8,13-17,20-21,40-41H2,1-6H3,(H,42,50)(H,43,54)(H,44,53)(H,45,52)(H,46,51)(H,47,55)/t26-,27-,28-,29-/m0/s1. The highest BCUT2D eigenvalue weighted by Gasteiger charge is 2.33. The van der Waals surface area contributed by atoms with Gasteiger partial charge in [-0.25, -0.2) is 9.59 Å². The minimum Gasteiger partial charge on any atom is -0.508 e. The molecule has 0 aliphatic carbocycles. The highest BCUT2D eigenvalue weighted by Crippen LogP contribution is 2.31. The molecule has 0 saturated carbocycles. The van der Waals surface area contributed by atoms with Crippen LogP contribution in [0, 0.1) is 0 Å². The Bertz CT molecular complexity index is 1760. The van der Waals surface area contributed by atoms with Crippen LogP contribution >= 0.6 is 0 Å². The van der Waals surface area contributed by atoms with E-state index in [2.05, 4.69) is 31.9 Å². The summed E-state index contributed by atoms with van der Waals surface area (Å²) >= 11 is 0. The molecule has 0 aromatic heterocycles. The van der Waals surface area contributed by atoms with Crippen LogP contribution in [0.5, 0.6) is 11.5 Å². The van der Waals surface area contributed by atoms with E-state index in [0.29, 0.717) is 11.1 Å². The molecular formula is C39H58N8O10. The van der Waals surface area contributed by atoms with Crippen LogP contribution in [0.1, 0.15) is 71.9 Å². The molecule has 6 amide bonds. The zero-order valence-corrected chi connectivity index (χ0v) is 33.5. The summed E-state index contributed by atoms with van der Waals surface area (Å²) in [7, 11) is 0. The Balaban J connectivity index is 2.11. The summed E-state index contributed by atoms with van der Waals surface area (Å²) in [6, 6.07) is 4.08. The lowest BCUT2D eigenvalue weighted by Crippen LogP contribution is -2.59. The van der Waals surface area contributed by atoms with Crippen LogP contribution in [-0.2, 0) is 41.5 Å². The number of rotatable bonds is 12. The van der Waals surface area contributed by atoms with Crippen LogP contribution in [0.4, 0.5) is 9.59 Å². The maximum Gasteiger partial charge on any atom is 0.408 e. The molecule has 4 bridgehead atoms. The molecule has 2 aromatic rings. The van der Waals surface area contributed by atoms with E-state index in [4.69, 9.17) is 20.9 Å². The number of alkyl carbamates (subject to hydrolysis) is 2. The molecular weight excluding hydrogens is 740 g/mol. The first-order valence-electron chi connectivity index (χ1n) is 18.9. The SMILES string of the molecule is CC(C)(C)OC(=O)NCCC[C@@H]1NC(=O)[C@@H](NC(=O)OC(C)(C)C)Cc2cc(ccc2O)-c2ccc(O)c(c2)C[C@@H](C(=O)N[C@@H](CCN)C(=O)NCCN)NC1=O. The number of aromatic hydroxyl groups is 2. The van der Waals surface area contributed by atoms with Crippen molar-refractivity contribution in [2.24, 2.45) is 11.5 Å². The molecule has 18 nitrogen and oxygen atoms in total. The van der Waals surface area contributed by atoms with Gasteiger partial charge in [0.2, 0.25) is 23.6 Å². The molecule has 1 aliphatic rings. The van der Waals surface area contributed by atoms with E-state index in [1.807, 2.05) is 0 Å². The van der Waals surface area contributed by atoms with Crippen molar-refractivity contribution in [1.29, 1.82) is 0 Å². The topological polar surface area (TPSA) is 286 Å². The lowest BCUT2D eigenvalue weighted by atomic mass is 9.95. The molecule has 314 valence electrons. The Kier molecular flexibility index (Phi) is 16.5. The Morgan fingerprint density at radius 3 is 1.93 bits per heavy atom. The van der Waals surface area contributed by atoms with Gasteiger partial charge in [-0.05, 0) is 114 Å². The summed E-state index contributed by atoms with van der Waals surface area (Å²) in [5.74, 6) is -3.33. The van der Waals surface area contributed by atoms with Gasteiger partial charge in [-0.15, -0.1) is 0 Å². The molecule has 12 N–H and O–H groups in total. The van der Waals surface area contributed by atoms with Crippen molar-refractivity contribution in [1.82, 2.24) is 31.9 Å². The Morgan fingerprint density at radius 1 is 0.789 bits per heavy atom. The number of carbonyl (C=O) groups is 6. The highest BCUT2D eigenvalue weighted by atomic mass is 16.6. The monoisotopic (exact) mass is 798 g/mol. The number of phenols is 2. The van der Waals surface area contributed by atoms with Crippen LogP contribution in [-0.4, -0.2) is 108 Å². The van der Waals surface area contributed by atoms with E-state index in [9.17, 15) is 39.0 Å². The number of hydrogen-bond acceptors (Lipinski definition) is 12. The van der Waals surface area contributed by atoms with Crippen LogP contribution in [0.25, 0.3) is 11.1 Å². The van der Waals surface area contributed by atoms with Gasteiger partial charge < -0.3 is 63.1 Å². The summed E-state index contributed by atoms with van der Waals surface area (Å²) in [5, 5.41) is 37.6. The van der Waals surface area contributed by atoms with E-state index in [1.54, 1.807) is 65.8 Å². The van der Waals surface area contributed by atoms with Crippen molar-refractivity contribution in [3.8, 4) is 22.6 Å². The fourth-order valence-corrected chi connectivity index (χ4v) is 5.82. The Labute approximate surface area is 332 Å². The lowest BCUT2D eigenvalue weighted by molar-refractivity contribution is -0.134. The maximum atomic E-state index is 14.2. The molecule has 0 unspecified atom stereocenters. The van der Waals surface area contributed by atoms with Crippen molar-refractivity contribution in [3.05, 3.63) is 47.5 Å². The summed E-state index contributed by atoms with van der Waals surface area (Å²) in [4.78, 5) is 80.5. The van der Waals surface area contributed by atoms with Gasteiger partial charge in [-0.3, -0.25) is 19.2 Å². The van der Waals surface area contributed by atoms with Gasteiger partial charge in [0.15, 0.2) is 0 Å². The van der Waals surface area contributed by atoms with Gasteiger partial charge in [0, 0.05) is 32.5 Å². The third-order valence-corrected chi connectivity index (χ3v) is 8.48. The molecule has 57 heavy (non-hydrogen) atoms. The number of nitrogens with one attached hydrogen (secondary N) is 6. The van der Waals surface area contributed by atoms with Gasteiger partial charge in [-0.2, -0.15) is 0 Å². The number of fused-ring (bicyclic) bond motifs is 5. The van der Waals surface area contributed by atoms with Crippen molar-refractivity contribution >= 4 is 35.8 Å². The van der Waals surface area contributed by atoms with Crippen LogP contribution < -0.4 is 43.4 Å². The third-order valence-electron chi connectivity index (χ3n) is 8.48. The molecule has 1 heterocycles. The number of phenolic OH excluding ortho intramolecular Hbond substituents is 2. The van der Waals surface area contributed by atoms with Crippen molar-refractivity contribution < 1.29 is 48.5 Å². The first-order valence-corrected chi connectivity index (χ1v) is 18.9. The molecule has 0 spiro atoms. The predicted molar refractivity (Wildman–Crippen MR) is 211 cm³/mol. The van der Waals surface area contributed by atoms with Gasteiger partial charge in [0.1, 0.15) is 46.9 Å². The predicted octanol–water partition coefficient (Wildman–Crippen LogP) is 0.940.